The van der Waals surface area contributed by atoms with Crippen molar-refractivity contribution in [3.8, 4) is 0 Å². The average molecular weight is 336 g/mol. The summed E-state index contributed by atoms with van der Waals surface area (Å²) in [5.74, 6) is -1.11. The summed E-state index contributed by atoms with van der Waals surface area (Å²) >= 11 is 0. The fourth-order valence-corrected chi connectivity index (χ4v) is 3.69. The molecule has 0 spiro atoms. The number of nitrogens with one attached hydrogen (secondary N) is 1. The molecule has 2 aliphatic rings. The van der Waals surface area contributed by atoms with Crippen LogP contribution in [-0.4, -0.2) is 24.8 Å². The van der Waals surface area contributed by atoms with Gasteiger partial charge in [0.1, 0.15) is 0 Å². The first kappa shape index (κ1) is 15.8. The van der Waals surface area contributed by atoms with E-state index in [-0.39, 0.29) is 30.3 Å². The topological polar surface area (TPSA) is 58.6 Å². The van der Waals surface area contributed by atoms with Gasteiger partial charge >= 0.3 is 0 Å². The number of nitrogens with zero attached hydrogens (tertiary/aromatic N) is 1. The third-order valence-electron chi connectivity index (χ3n) is 4.94. The van der Waals surface area contributed by atoms with Gasteiger partial charge in [-0.25, -0.2) is 5.06 Å². The Balaban J connectivity index is 1.69. The second-order valence-electron chi connectivity index (χ2n) is 6.45. The minimum Gasteiger partial charge on any atom is -0.355 e. The second kappa shape index (κ2) is 6.69. The molecule has 0 saturated carbocycles. The van der Waals surface area contributed by atoms with Gasteiger partial charge in [0.25, 0.3) is 0 Å². The Morgan fingerprint density at radius 2 is 1.72 bits per heavy atom. The van der Waals surface area contributed by atoms with Crippen LogP contribution in [0.15, 0.2) is 60.7 Å². The molecule has 5 heteroatoms. The molecule has 1 unspecified atom stereocenters. The largest absolute Gasteiger partial charge is 0.355 e. The van der Waals surface area contributed by atoms with Gasteiger partial charge in [-0.1, -0.05) is 48.5 Å². The van der Waals surface area contributed by atoms with E-state index in [1.807, 2.05) is 65.7 Å². The molecular weight excluding hydrogens is 316 g/mol. The number of hydroxylamine groups is 1. The number of carbonyl (C=O) groups is 2. The van der Waals surface area contributed by atoms with Crippen molar-refractivity contribution < 1.29 is 14.4 Å². The first-order valence-electron chi connectivity index (χ1n) is 8.59. The molecule has 1 amide bonds. The molecule has 5 nitrogen and oxygen atoms in total. The van der Waals surface area contributed by atoms with E-state index in [2.05, 4.69) is 5.32 Å². The number of amides is 1. The number of ketones is 1. The van der Waals surface area contributed by atoms with Crippen LogP contribution in [0.25, 0.3) is 0 Å². The molecule has 0 radical (unpaired) electrons. The molecule has 2 aromatic carbocycles. The van der Waals surface area contributed by atoms with Gasteiger partial charge in [-0.05, 0) is 24.1 Å². The summed E-state index contributed by atoms with van der Waals surface area (Å²) in [6.45, 7) is 0.859. The highest BCUT2D eigenvalue weighted by Crippen LogP contribution is 2.40. The molecule has 25 heavy (non-hydrogen) atoms. The quantitative estimate of drug-likeness (QED) is 0.872. The van der Waals surface area contributed by atoms with Crippen LogP contribution in [0.3, 0.4) is 0 Å². The van der Waals surface area contributed by atoms with Gasteiger partial charge in [0.05, 0.1) is 30.2 Å². The third kappa shape index (κ3) is 2.91. The van der Waals surface area contributed by atoms with Crippen LogP contribution in [0.2, 0.25) is 0 Å². The van der Waals surface area contributed by atoms with Crippen LogP contribution >= 0.6 is 0 Å². The Labute approximate surface area is 146 Å². The van der Waals surface area contributed by atoms with Gasteiger partial charge in [-0.3, -0.25) is 14.4 Å². The first-order valence-corrected chi connectivity index (χ1v) is 8.59. The molecule has 2 fully saturated rings. The van der Waals surface area contributed by atoms with Crippen LogP contribution in [0.5, 0.6) is 0 Å². The lowest BCUT2D eigenvalue weighted by atomic mass is 9.84. The summed E-state index contributed by atoms with van der Waals surface area (Å²) in [5, 5.41) is 4.57. The van der Waals surface area contributed by atoms with Crippen LogP contribution in [0.4, 0.5) is 5.69 Å². The lowest BCUT2D eigenvalue weighted by Crippen LogP contribution is -2.34. The van der Waals surface area contributed by atoms with E-state index in [1.54, 1.807) is 0 Å². The highest BCUT2D eigenvalue weighted by Gasteiger charge is 2.46. The number of para-hydroxylation sites is 1. The van der Waals surface area contributed by atoms with Crippen molar-refractivity contribution in [3.63, 3.8) is 0 Å². The van der Waals surface area contributed by atoms with Crippen molar-refractivity contribution in [3.05, 3.63) is 66.2 Å². The highest BCUT2D eigenvalue weighted by atomic mass is 16.7. The lowest BCUT2D eigenvalue weighted by Gasteiger charge is -2.27. The SMILES string of the molecule is O=C1NCCC1C(=O)[C@H]1CON(c2ccccc2)[C@@H]1c1ccccc1. The Bertz CT molecular complexity index is 763. The molecule has 0 aliphatic carbocycles. The molecule has 4 rings (SSSR count). The molecule has 2 aromatic rings. The molecule has 128 valence electrons. The van der Waals surface area contributed by atoms with Crippen molar-refractivity contribution in [1.29, 1.82) is 0 Å². The van der Waals surface area contributed by atoms with Gasteiger partial charge in [0.15, 0.2) is 5.78 Å². The zero-order valence-electron chi connectivity index (χ0n) is 13.8. The van der Waals surface area contributed by atoms with Gasteiger partial charge in [0.2, 0.25) is 5.91 Å². The van der Waals surface area contributed by atoms with E-state index in [4.69, 9.17) is 4.84 Å². The molecule has 2 aliphatic heterocycles. The Hall–Kier alpha value is -2.66. The van der Waals surface area contributed by atoms with E-state index < -0.39 is 5.92 Å². The van der Waals surface area contributed by atoms with Crippen LogP contribution in [-0.2, 0) is 14.4 Å². The van der Waals surface area contributed by atoms with Gasteiger partial charge in [0, 0.05) is 6.54 Å². The van der Waals surface area contributed by atoms with E-state index in [0.29, 0.717) is 13.0 Å². The Kier molecular flexibility index (Phi) is 4.24. The lowest BCUT2D eigenvalue weighted by molar-refractivity contribution is -0.134. The normalized spacial score (nSPS) is 25.8. The van der Waals surface area contributed by atoms with Crippen molar-refractivity contribution in [2.24, 2.45) is 11.8 Å². The standard InChI is InChI=1S/C20H20N2O3/c23-19(16-11-12-21-20(16)24)17-13-25-22(15-9-5-2-6-10-15)18(17)14-7-3-1-4-8-14/h1-10,16-18H,11-13H2,(H,21,24)/t16?,17-,18+/m0/s1. The van der Waals surface area contributed by atoms with Crippen LogP contribution < -0.4 is 10.4 Å². The minimum atomic E-state index is -0.560. The summed E-state index contributed by atoms with van der Waals surface area (Å²) < 4.78 is 0. The number of Topliss-reactive ketones (excluding diaryl/α,β-unsaturated/α-hetero) is 1. The first-order chi connectivity index (χ1) is 12.3. The number of benzene rings is 2. The smallest absolute Gasteiger partial charge is 0.230 e. The number of rotatable bonds is 4. The van der Waals surface area contributed by atoms with Gasteiger partial charge in [-0.15, -0.1) is 0 Å². The number of anilines is 1. The Morgan fingerprint density at radius 1 is 1.04 bits per heavy atom. The van der Waals surface area contributed by atoms with Crippen LogP contribution in [0, 0.1) is 11.8 Å². The van der Waals surface area contributed by atoms with Crippen molar-refractivity contribution >= 4 is 17.4 Å². The van der Waals surface area contributed by atoms with Crippen LogP contribution in [0.1, 0.15) is 18.0 Å². The maximum absolute atomic E-state index is 13.1. The molecule has 1 N–H and O–H groups in total. The number of hydrogen-bond acceptors (Lipinski definition) is 4. The second-order valence-corrected chi connectivity index (χ2v) is 6.45. The van der Waals surface area contributed by atoms with E-state index in [1.165, 1.54) is 0 Å². The molecule has 0 bridgehead atoms. The van der Waals surface area contributed by atoms with Crippen molar-refractivity contribution in [2.45, 2.75) is 12.5 Å². The fraction of sp³-hybridized carbons (Fsp3) is 0.300. The monoisotopic (exact) mass is 336 g/mol. The summed E-state index contributed by atoms with van der Waals surface area (Å²) in [5.41, 5.74) is 1.92. The zero-order chi connectivity index (χ0) is 17.2. The highest BCUT2D eigenvalue weighted by molar-refractivity contribution is 6.04. The van der Waals surface area contributed by atoms with E-state index in [9.17, 15) is 9.59 Å². The van der Waals surface area contributed by atoms with Gasteiger partial charge in [-0.2, -0.15) is 0 Å². The fourth-order valence-electron chi connectivity index (χ4n) is 3.69. The molecular formula is C20H20N2O3. The van der Waals surface area contributed by atoms with Crippen molar-refractivity contribution in [1.82, 2.24) is 5.32 Å². The Morgan fingerprint density at radius 3 is 2.36 bits per heavy atom. The minimum absolute atomic E-state index is 0.0257. The van der Waals surface area contributed by atoms with Gasteiger partial charge < -0.3 is 5.32 Å². The average Bonchev–Trinajstić information content (AvgIpc) is 3.29. The van der Waals surface area contributed by atoms with Crippen molar-refractivity contribution in [2.75, 3.05) is 18.2 Å². The van der Waals surface area contributed by atoms with E-state index in [0.717, 1.165) is 11.3 Å². The summed E-state index contributed by atoms with van der Waals surface area (Å²) in [4.78, 5) is 30.9. The molecule has 2 heterocycles. The summed E-state index contributed by atoms with van der Waals surface area (Å²) in [6, 6.07) is 19.4. The molecule has 0 aromatic heterocycles. The predicted molar refractivity (Wildman–Crippen MR) is 93.7 cm³/mol. The molecule has 2 saturated heterocycles. The number of hydrogen-bond donors (Lipinski definition) is 1. The maximum atomic E-state index is 13.1. The predicted octanol–water partition coefficient (Wildman–Crippen LogP) is 2.50. The zero-order valence-corrected chi connectivity index (χ0v) is 13.8. The summed E-state index contributed by atoms with van der Waals surface area (Å²) in [6.07, 6.45) is 0.570. The third-order valence-corrected chi connectivity index (χ3v) is 4.94. The molecule has 3 atom stereocenters. The summed E-state index contributed by atoms with van der Waals surface area (Å²) in [7, 11) is 0. The number of carbonyl (C=O) groups excluding carboxylic acids is 2. The van der Waals surface area contributed by atoms with E-state index >= 15 is 0 Å². The maximum Gasteiger partial charge on any atom is 0.230 e.